The zero-order valence-electron chi connectivity index (χ0n) is 15.4. The molecule has 0 atom stereocenters. The number of aryl methyl sites for hydroxylation is 1. The third-order valence-electron chi connectivity index (χ3n) is 3.98. The number of amides is 3. The Labute approximate surface area is 180 Å². The number of imide groups is 1. The summed E-state index contributed by atoms with van der Waals surface area (Å²) in [6.07, 6.45) is 0. The molecule has 30 heavy (non-hydrogen) atoms. The summed E-state index contributed by atoms with van der Waals surface area (Å²) >= 11 is 12.4. The van der Waals surface area contributed by atoms with Gasteiger partial charge in [-0.15, -0.1) is 0 Å². The number of halogens is 4. The molecule has 0 bridgehead atoms. The van der Waals surface area contributed by atoms with Gasteiger partial charge in [0.25, 0.3) is 5.91 Å². The Hall–Kier alpha value is -3.16. The maximum Gasteiger partial charge on any atom is 0.326 e. The molecule has 0 aliphatic heterocycles. The van der Waals surface area contributed by atoms with Crippen molar-refractivity contribution in [3.63, 3.8) is 0 Å². The van der Waals surface area contributed by atoms with Gasteiger partial charge in [-0.1, -0.05) is 47.5 Å². The summed E-state index contributed by atoms with van der Waals surface area (Å²) in [5.74, 6) is -2.69. The van der Waals surface area contributed by atoms with E-state index in [0.29, 0.717) is 5.75 Å². The van der Waals surface area contributed by atoms with Crippen LogP contribution in [0, 0.1) is 18.6 Å². The molecule has 0 heterocycles. The molecule has 0 fully saturated rings. The molecule has 0 spiro atoms. The van der Waals surface area contributed by atoms with E-state index in [1.165, 1.54) is 12.1 Å². The van der Waals surface area contributed by atoms with E-state index in [2.05, 4.69) is 5.32 Å². The van der Waals surface area contributed by atoms with Gasteiger partial charge in [0, 0.05) is 5.69 Å². The molecule has 0 saturated heterocycles. The van der Waals surface area contributed by atoms with E-state index in [-0.39, 0.29) is 21.5 Å². The summed E-state index contributed by atoms with van der Waals surface area (Å²) in [6, 6.07) is 11.8. The molecule has 9 heteroatoms. The van der Waals surface area contributed by atoms with Crippen LogP contribution in [0.5, 0.6) is 11.5 Å². The smallest absolute Gasteiger partial charge is 0.326 e. The molecule has 0 aromatic heterocycles. The van der Waals surface area contributed by atoms with Crippen LogP contribution in [0.4, 0.5) is 19.3 Å². The predicted octanol–water partition coefficient (Wildman–Crippen LogP) is 6.33. The lowest BCUT2D eigenvalue weighted by molar-refractivity contribution is 0.0959. The van der Waals surface area contributed by atoms with Gasteiger partial charge in [-0.05, 0) is 42.8 Å². The summed E-state index contributed by atoms with van der Waals surface area (Å²) in [5.41, 5.74) is 0.136. The second-order valence-electron chi connectivity index (χ2n) is 6.14. The van der Waals surface area contributed by atoms with Gasteiger partial charge < -0.3 is 10.1 Å². The highest BCUT2D eigenvalue weighted by molar-refractivity contribution is 6.37. The molecular weight excluding hydrogens is 437 g/mol. The van der Waals surface area contributed by atoms with Gasteiger partial charge in [-0.2, -0.15) is 0 Å². The molecule has 3 rings (SSSR count). The molecule has 5 nitrogen and oxygen atoms in total. The molecule has 0 saturated carbocycles. The number of anilines is 1. The van der Waals surface area contributed by atoms with Crippen molar-refractivity contribution in [1.82, 2.24) is 5.32 Å². The third kappa shape index (κ3) is 4.87. The topological polar surface area (TPSA) is 67.4 Å². The van der Waals surface area contributed by atoms with E-state index in [1.54, 1.807) is 12.1 Å². The molecular formula is C21H14Cl2F2N2O3. The van der Waals surface area contributed by atoms with E-state index in [0.717, 1.165) is 23.8 Å². The fourth-order valence-corrected chi connectivity index (χ4v) is 3.12. The Balaban J connectivity index is 1.73. The summed E-state index contributed by atoms with van der Waals surface area (Å²) in [5, 5.41) is 4.37. The number of carbonyl (C=O) groups excluding carboxylic acids is 2. The zero-order chi connectivity index (χ0) is 21.8. The fourth-order valence-electron chi connectivity index (χ4n) is 2.55. The van der Waals surface area contributed by atoms with E-state index in [9.17, 15) is 18.4 Å². The lowest BCUT2D eigenvalue weighted by atomic mass is 10.2. The predicted molar refractivity (Wildman–Crippen MR) is 111 cm³/mol. The Morgan fingerprint density at radius 1 is 0.933 bits per heavy atom. The average Bonchev–Trinajstić information content (AvgIpc) is 2.65. The standard InChI is InChI=1S/C21H14Cl2F2N2O3/c1-11-5-2-3-8-17(11)30-19-13(22)9-12(10-14(19)23)26-21(29)27-20(28)18-15(24)6-4-7-16(18)25/h2-10H,1H3,(H2,26,27,28,29). The van der Waals surface area contributed by atoms with Crippen molar-refractivity contribution in [3.8, 4) is 11.5 Å². The number of carbonyl (C=O) groups is 2. The van der Waals surface area contributed by atoms with Crippen molar-refractivity contribution in [2.75, 3.05) is 5.32 Å². The highest BCUT2D eigenvalue weighted by atomic mass is 35.5. The second kappa shape index (κ2) is 9.11. The molecule has 3 amide bonds. The average molecular weight is 451 g/mol. The largest absolute Gasteiger partial charge is 0.454 e. The molecule has 3 aromatic carbocycles. The number of benzene rings is 3. The van der Waals surface area contributed by atoms with Gasteiger partial charge in [0.1, 0.15) is 22.9 Å². The van der Waals surface area contributed by atoms with Crippen LogP contribution in [0.3, 0.4) is 0 Å². The number of rotatable bonds is 4. The minimum Gasteiger partial charge on any atom is -0.454 e. The fraction of sp³-hybridized carbons (Fsp3) is 0.0476. The maximum atomic E-state index is 13.7. The van der Waals surface area contributed by atoms with Crippen molar-refractivity contribution in [2.45, 2.75) is 6.92 Å². The highest BCUT2D eigenvalue weighted by Gasteiger charge is 2.20. The van der Waals surface area contributed by atoms with Crippen LogP contribution in [-0.4, -0.2) is 11.9 Å². The normalized spacial score (nSPS) is 10.4. The number of para-hydroxylation sites is 1. The Kier molecular flexibility index (Phi) is 6.54. The number of urea groups is 1. The van der Waals surface area contributed by atoms with Crippen LogP contribution < -0.4 is 15.4 Å². The molecule has 0 radical (unpaired) electrons. The Morgan fingerprint density at radius 2 is 1.53 bits per heavy atom. The summed E-state index contributed by atoms with van der Waals surface area (Å²) in [6.45, 7) is 1.85. The minimum absolute atomic E-state index is 0.104. The first-order valence-corrected chi connectivity index (χ1v) is 9.30. The van der Waals surface area contributed by atoms with Crippen molar-refractivity contribution in [3.05, 3.63) is 87.4 Å². The van der Waals surface area contributed by atoms with Crippen LogP contribution in [-0.2, 0) is 0 Å². The highest BCUT2D eigenvalue weighted by Crippen LogP contribution is 2.39. The first kappa shape index (κ1) is 21.5. The quantitative estimate of drug-likeness (QED) is 0.487. The van der Waals surface area contributed by atoms with Gasteiger partial charge >= 0.3 is 6.03 Å². The first-order chi connectivity index (χ1) is 14.3. The van der Waals surface area contributed by atoms with Gasteiger partial charge in [0.2, 0.25) is 0 Å². The van der Waals surface area contributed by atoms with Crippen LogP contribution in [0.2, 0.25) is 10.0 Å². The van der Waals surface area contributed by atoms with E-state index >= 15 is 0 Å². The minimum atomic E-state index is -1.24. The second-order valence-corrected chi connectivity index (χ2v) is 6.96. The molecule has 0 aliphatic rings. The van der Waals surface area contributed by atoms with Crippen molar-refractivity contribution in [1.29, 1.82) is 0 Å². The van der Waals surface area contributed by atoms with Gasteiger partial charge in [-0.25, -0.2) is 13.6 Å². The van der Waals surface area contributed by atoms with E-state index in [4.69, 9.17) is 27.9 Å². The maximum absolute atomic E-state index is 13.7. The summed E-state index contributed by atoms with van der Waals surface area (Å²) in [4.78, 5) is 24.0. The van der Waals surface area contributed by atoms with Crippen molar-refractivity contribution >= 4 is 40.8 Å². The van der Waals surface area contributed by atoms with E-state index in [1.807, 2.05) is 24.4 Å². The molecule has 3 aromatic rings. The van der Waals surface area contributed by atoms with Crippen molar-refractivity contribution in [2.24, 2.45) is 0 Å². The Bertz CT molecular complexity index is 1100. The van der Waals surface area contributed by atoms with Crippen molar-refractivity contribution < 1.29 is 23.1 Å². The van der Waals surface area contributed by atoms with Gasteiger partial charge in [0.15, 0.2) is 5.75 Å². The summed E-state index contributed by atoms with van der Waals surface area (Å²) in [7, 11) is 0. The monoisotopic (exact) mass is 450 g/mol. The number of ether oxygens (including phenoxy) is 1. The molecule has 0 unspecified atom stereocenters. The zero-order valence-corrected chi connectivity index (χ0v) is 16.9. The summed E-state index contributed by atoms with van der Waals surface area (Å²) < 4.78 is 33.1. The molecule has 2 N–H and O–H groups in total. The lowest BCUT2D eigenvalue weighted by Crippen LogP contribution is -2.35. The number of hydrogen-bond donors (Lipinski definition) is 2. The van der Waals surface area contributed by atoms with Gasteiger partial charge in [-0.3, -0.25) is 10.1 Å². The van der Waals surface area contributed by atoms with Crippen LogP contribution in [0.25, 0.3) is 0 Å². The van der Waals surface area contributed by atoms with Crippen LogP contribution in [0.1, 0.15) is 15.9 Å². The van der Waals surface area contributed by atoms with Crippen LogP contribution >= 0.6 is 23.2 Å². The lowest BCUT2D eigenvalue weighted by Gasteiger charge is -2.14. The molecule has 154 valence electrons. The Morgan fingerprint density at radius 3 is 2.13 bits per heavy atom. The van der Waals surface area contributed by atoms with E-state index < -0.39 is 29.1 Å². The molecule has 0 aliphatic carbocycles. The number of hydrogen-bond acceptors (Lipinski definition) is 3. The first-order valence-electron chi connectivity index (χ1n) is 8.55. The SMILES string of the molecule is Cc1ccccc1Oc1c(Cl)cc(NC(=O)NC(=O)c2c(F)cccc2F)cc1Cl. The van der Waals surface area contributed by atoms with Gasteiger partial charge in [0.05, 0.1) is 10.0 Å². The van der Waals surface area contributed by atoms with Crippen LogP contribution in [0.15, 0.2) is 54.6 Å². The number of nitrogens with one attached hydrogen (secondary N) is 2. The third-order valence-corrected chi connectivity index (χ3v) is 4.54.